The van der Waals surface area contributed by atoms with Crippen LogP contribution in [-0.2, 0) is 6.54 Å². The van der Waals surface area contributed by atoms with Gasteiger partial charge in [-0.25, -0.2) is 4.98 Å². The number of aromatic nitrogens is 1. The number of piperidine rings is 1. The van der Waals surface area contributed by atoms with Gasteiger partial charge in [0.25, 0.3) is 0 Å². The Morgan fingerprint density at radius 1 is 1.47 bits per heavy atom. The van der Waals surface area contributed by atoms with Crippen molar-refractivity contribution in [2.24, 2.45) is 0 Å². The fraction of sp³-hybridized carbons (Fsp3) is 0.667. The lowest BCUT2D eigenvalue weighted by molar-refractivity contribution is 0.153. The van der Waals surface area contributed by atoms with Crippen molar-refractivity contribution in [3.8, 4) is 0 Å². The summed E-state index contributed by atoms with van der Waals surface area (Å²) in [5, 5.41) is 13.3. The number of rotatable bonds is 3. The molecule has 0 saturated carbocycles. The van der Waals surface area contributed by atoms with Crippen LogP contribution in [0.2, 0.25) is 0 Å². The van der Waals surface area contributed by atoms with E-state index < -0.39 is 0 Å². The van der Waals surface area contributed by atoms with Crippen LogP contribution in [-0.4, -0.2) is 34.8 Å². The van der Waals surface area contributed by atoms with Gasteiger partial charge in [0, 0.05) is 36.9 Å². The summed E-state index contributed by atoms with van der Waals surface area (Å²) in [4.78, 5) is 6.71. The van der Waals surface area contributed by atoms with Gasteiger partial charge in [-0.1, -0.05) is 6.07 Å². The minimum absolute atomic E-state index is 0.0918. The molecule has 2 N–H and O–H groups in total. The van der Waals surface area contributed by atoms with Crippen LogP contribution in [0.15, 0.2) is 18.3 Å². The molecule has 0 amide bonds. The molecule has 1 fully saturated rings. The quantitative estimate of drug-likeness (QED) is 0.875. The third-order valence-corrected chi connectivity index (χ3v) is 3.37. The molecule has 19 heavy (non-hydrogen) atoms. The fourth-order valence-electron chi connectivity index (χ4n) is 2.36. The molecule has 106 valence electrons. The number of anilines is 1. The predicted octanol–water partition coefficient (Wildman–Crippen LogP) is 1.93. The molecule has 1 saturated heterocycles. The lowest BCUT2D eigenvalue weighted by atomic mass is 10.1. The van der Waals surface area contributed by atoms with Gasteiger partial charge in [0.05, 0.1) is 6.10 Å². The highest BCUT2D eigenvalue weighted by Crippen LogP contribution is 2.22. The first kappa shape index (κ1) is 14.3. The Kier molecular flexibility index (Phi) is 4.42. The van der Waals surface area contributed by atoms with E-state index in [2.05, 4.69) is 42.0 Å². The van der Waals surface area contributed by atoms with Crippen molar-refractivity contribution < 1.29 is 5.11 Å². The molecule has 4 heteroatoms. The van der Waals surface area contributed by atoms with Crippen LogP contribution in [0.25, 0.3) is 0 Å². The molecular weight excluding hydrogens is 238 g/mol. The second kappa shape index (κ2) is 5.88. The number of aliphatic hydroxyl groups excluding tert-OH is 1. The van der Waals surface area contributed by atoms with Gasteiger partial charge in [0.15, 0.2) is 0 Å². The number of hydrogen-bond donors (Lipinski definition) is 2. The predicted molar refractivity (Wildman–Crippen MR) is 78.3 cm³/mol. The van der Waals surface area contributed by atoms with Crippen LogP contribution in [0, 0.1) is 0 Å². The molecule has 1 aliphatic heterocycles. The summed E-state index contributed by atoms with van der Waals surface area (Å²) in [6.45, 7) is 8.96. The van der Waals surface area contributed by atoms with Crippen molar-refractivity contribution in [2.45, 2.75) is 51.8 Å². The van der Waals surface area contributed by atoms with Gasteiger partial charge in [-0.05, 0) is 39.7 Å². The average molecular weight is 263 g/mol. The molecule has 2 heterocycles. The SMILES string of the molecule is CC(C)(C)NCc1cccnc1N1CCCC(O)C1. The van der Waals surface area contributed by atoms with E-state index in [1.807, 2.05) is 12.3 Å². The minimum Gasteiger partial charge on any atom is -0.391 e. The number of nitrogens with zero attached hydrogens (tertiary/aromatic N) is 2. The van der Waals surface area contributed by atoms with E-state index in [-0.39, 0.29) is 11.6 Å². The van der Waals surface area contributed by atoms with Gasteiger partial charge in [-0.2, -0.15) is 0 Å². The molecule has 0 spiro atoms. The third-order valence-electron chi connectivity index (χ3n) is 3.37. The second-order valence-electron chi connectivity index (χ2n) is 6.33. The monoisotopic (exact) mass is 263 g/mol. The summed E-state index contributed by atoms with van der Waals surface area (Å²) in [6.07, 6.45) is 3.54. The Balaban J connectivity index is 2.11. The van der Waals surface area contributed by atoms with Crippen LogP contribution < -0.4 is 10.2 Å². The first-order valence-electron chi connectivity index (χ1n) is 7.08. The molecule has 1 aromatic rings. The van der Waals surface area contributed by atoms with Gasteiger partial charge >= 0.3 is 0 Å². The molecule has 0 bridgehead atoms. The molecule has 1 unspecified atom stereocenters. The van der Waals surface area contributed by atoms with Crippen LogP contribution in [0.4, 0.5) is 5.82 Å². The Morgan fingerprint density at radius 2 is 2.26 bits per heavy atom. The van der Waals surface area contributed by atoms with E-state index in [1.165, 1.54) is 5.56 Å². The van der Waals surface area contributed by atoms with Crippen molar-refractivity contribution in [3.63, 3.8) is 0 Å². The van der Waals surface area contributed by atoms with E-state index in [0.29, 0.717) is 6.54 Å². The standard InChI is InChI=1S/C15H25N3O/c1-15(2,3)17-10-12-6-4-8-16-14(12)18-9-5-7-13(19)11-18/h4,6,8,13,17,19H,5,7,9-11H2,1-3H3. The maximum absolute atomic E-state index is 9.81. The summed E-state index contributed by atoms with van der Waals surface area (Å²) in [5.74, 6) is 1.01. The van der Waals surface area contributed by atoms with Crippen molar-refractivity contribution in [1.29, 1.82) is 0 Å². The van der Waals surface area contributed by atoms with E-state index in [1.54, 1.807) is 0 Å². The van der Waals surface area contributed by atoms with Gasteiger partial charge in [-0.15, -0.1) is 0 Å². The van der Waals surface area contributed by atoms with Gasteiger partial charge in [0.1, 0.15) is 5.82 Å². The van der Waals surface area contributed by atoms with E-state index >= 15 is 0 Å². The molecule has 0 aliphatic carbocycles. The van der Waals surface area contributed by atoms with Crippen LogP contribution >= 0.6 is 0 Å². The highest BCUT2D eigenvalue weighted by Gasteiger charge is 2.21. The molecule has 1 aromatic heterocycles. The highest BCUT2D eigenvalue weighted by atomic mass is 16.3. The zero-order chi connectivity index (χ0) is 13.9. The van der Waals surface area contributed by atoms with Crippen LogP contribution in [0.5, 0.6) is 0 Å². The summed E-state index contributed by atoms with van der Waals surface area (Å²) in [6, 6.07) is 4.09. The molecule has 0 radical (unpaired) electrons. The summed E-state index contributed by atoms with van der Waals surface area (Å²) in [5.41, 5.74) is 1.29. The lowest BCUT2D eigenvalue weighted by Gasteiger charge is -2.32. The van der Waals surface area contributed by atoms with Gasteiger partial charge in [-0.3, -0.25) is 0 Å². The highest BCUT2D eigenvalue weighted by molar-refractivity contribution is 5.47. The van der Waals surface area contributed by atoms with E-state index in [0.717, 1.165) is 31.7 Å². The number of β-amino-alcohol motifs (C(OH)–C–C–N with tert-alkyl or cyclic N) is 1. The lowest BCUT2D eigenvalue weighted by Crippen LogP contribution is -2.40. The zero-order valence-corrected chi connectivity index (χ0v) is 12.2. The van der Waals surface area contributed by atoms with Crippen molar-refractivity contribution >= 4 is 5.82 Å². The number of aliphatic hydroxyl groups is 1. The third kappa shape index (κ3) is 4.18. The average Bonchev–Trinajstić information content (AvgIpc) is 2.36. The van der Waals surface area contributed by atoms with Crippen LogP contribution in [0.1, 0.15) is 39.2 Å². The smallest absolute Gasteiger partial charge is 0.133 e. The van der Waals surface area contributed by atoms with Gasteiger partial charge in [0.2, 0.25) is 0 Å². The molecule has 1 aliphatic rings. The summed E-state index contributed by atoms with van der Waals surface area (Å²) in [7, 11) is 0. The topological polar surface area (TPSA) is 48.4 Å². The first-order chi connectivity index (χ1) is 8.96. The number of hydrogen-bond acceptors (Lipinski definition) is 4. The van der Waals surface area contributed by atoms with E-state index in [9.17, 15) is 5.11 Å². The Labute approximate surface area is 115 Å². The second-order valence-corrected chi connectivity index (χ2v) is 6.33. The fourth-order valence-corrected chi connectivity index (χ4v) is 2.36. The maximum Gasteiger partial charge on any atom is 0.133 e. The largest absolute Gasteiger partial charge is 0.391 e. The molecule has 2 rings (SSSR count). The Morgan fingerprint density at radius 3 is 2.95 bits per heavy atom. The zero-order valence-electron chi connectivity index (χ0n) is 12.2. The Hall–Kier alpha value is -1.13. The first-order valence-corrected chi connectivity index (χ1v) is 7.08. The Bertz CT molecular complexity index is 414. The molecule has 4 nitrogen and oxygen atoms in total. The molecule has 0 aromatic carbocycles. The van der Waals surface area contributed by atoms with E-state index in [4.69, 9.17) is 0 Å². The number of pyridine rings is 1. The van der Waals surface area contributed by atoms with Crippen molar-refractivity contribution in [3.05, 3.63) is 23.9 Å². The normalized spacial score (nSPS) is 20.6. The van der Waals surface area contributed by atoms with Crippen molar-refractivity contribution in [1.82, 2.24) is 10.3 Å². The summed E-state index contributed by atoms with van der Waals surface area (Å²) >= 11 is 0. The minimum atomic E-state index is -0.223. The molecule has 1 atom stereocenters. The van der Waals surface area contributed by atoms with Crippen LogP contribution in [0.3, 0.4) is 0 Å². The van der Waals surface area contributed by atoms with Crippen molar-refractivity contribution in [2.75, 3.05) is 18.0 Å². The summed E-state index contributed by atoms with van der Waals surface area (Å²) < 4.78 is 0. The molecular formula is C15H25N3O. The number of nitrogens with one attached hydrogen (secondary N) is 1. The maximum atomic E-state index is 9.81. The van der Waals surface area contributed by atoms with Gasteiger partial charge < -0.3 is 15.3 Å².